The first-order valence-corrected chi connectivity index (χ1v) is 6.67. The summed E-state index contributed by atoms with van der Waals surface area (Å²) in [7, 11) is 1.83. The van der Waals surface area contributed by atoms with Crippen LogP contribution in [-0.4, -0.2) is 23.0 Å². The van der Waals surface area contributed by atoms with E-state index >= 15 is 0 Å². The van der Waals surface area contributed by atoms with Gasteiger partial charge in [-0.15, -0.1) is 0 Å². The van der Waals surface area contributed by atoms with E-state index < -0.39 is 0 Å². The van der Waals surface area contributed by atoms with Gasteiger partial charge in [-0.2, -0.15) is 5.10 Å². The molecule has 1 aromatic heterocycles. The maximum atomic E-state index is 6.25. The van der Waals surface area contributed by atoms with Gasteiger partial charge in [0.15, 0.2) is 0 Å². The number of hydrogen-bond acceptors (Lipinski definition) is 3. The first-order chi connectivity index (χ1) is 9.15. The second kappa shape index (κ2) is 6.08. The fraction of sp³-hybridized carbons (Fsp3) is 0.357. The zero-order chi connectivity index (χ0) is 13.8. The van der Waals surface area contributed by atoms with E-state index in [-0.39, 0.29) is 0 Å². The van der Waals surface area contributed by atoms with Crippen molar-refractivity contribution in [3.63, 3.8) is 0 Å². The third-order valence-electron chi connectivity index (χ3n) is 2.99. The number of nitrogen functional groups attached to an aromatic ring is 1. The van der Waals surface area contributed by atoms with Crippen LogP contribution in [0.15, 0.2) is 24.3 Å². The molecule has 0 spiro atoms. The van der Waals surface area contributed by atoms with Crippen molar-refractivity contribution in [3.8, 4) is 11.1 Å². The van der Waals surface area contributed by atoms with Crippen molar-refractivity contribution in [1.29, 1.82) is 0 Å². The van der Waals surface area contributed by atoms with Crippen LogP contribution in [-0.2, 0) is 18.2 Å². The molecular formula is C14H18ClN3O. The predicted octanol–water partition coefficient (Wildman–Crippen LogP) is 2.90. The first kappa shape index (κ1) is 13.9. The van der Waals surface area contributed by atoms with Gasteiger partial charge in [0.1, 0.15) is 5.82 Å². The summed E-state index contributed by atoms with van der Waals surface area (Å²) in [5.41, 5.74) is 8.86. The van der Waals surface area contributed by atoms with Gasteiger partial charge in [-0.25, -0.2) is 0 Å². The Morgan fingerprint density at radius 2 is 2.11 bits per heavy atom. The first-order valence-electron chi connectivity index (χ1n) is 6.29. The Morgan fingerprint density at radius 3 is 2.79 bits per heavy atom. The van der Waals surface area contributed by atoms with Gasteiger partial charge >= 0.3 is 0 Å². The zero-order valence-electron chi connectivity index (χ0n) is 11.2. The Labute approximate surface area is 118 Å². The zero-order valence-corrected chi connectivity index (χ0v) is 11.9. The van der Waals surface area contributed by atoms with Crippen LogP contribution < -0.4 is 5.73 Å². The van der Waals surface area contributed by atoms with E-state index in [0.29, 0.717) is 24.1 Å². The van der Waals surface area contributed by atoms with Crippen molar-refractivity contribution in [2.24, 2.45) is 7.05 Å². The minimum absolute atomic E-state index is 0.625. The number of anilines is 1. The quantitative estimate of drug-likeness (QED) is 0.856. The summed E-state index contributed by atoms with van der Waals surface area (Å²) in [5.74, 6) is 0.625. The van der Waals surface area contributed by atoms with Gasteiger partial charge in [0.05, 0.1) is 12.3 Å². The molecule has 0 aliphatic heterocycles. The molecule has 0 unspecified atom stereocenters. The third-order valence-corrected chi connectivity index (χ3v) is 3.32. The number of hydrogen-bond donors (Lipinski definition) is 1. The molecule has 0 saturated carbocycles. The third kappa shape index (κ3) is 2.91. The van der Waals surface area contributed by atoms with Crippen LogP contribution in [0.25, 0.3) is 11.1 Å². The lowest BCUT2D eigenvalue weighted by atomic mass is 10.0. The summed E-state index contributed by atoms with van der Waals surface area (Å²) in [6.07, 6.45) is 0.722. The molecule has 19 heavy (non-hydrogen) atoms. The van der Waals surface area contributed by atoms with Crippen molar-refractivity contribution in [2.75, 3.05) is 18.9 Å². The van der Waals surface area contributed by atoms with Crippen LogP contribution in [0.5, 0.6) is 0 Å². The van der Waals surface area contributed by atoms with E-state index in [0.717, 1.165) is 23.2 Å². The predicted molar refractivity (Wildman–Crippen MR) is 78.3 cm³/mol. The minimum atomic E-state index is 0.625. The molecule has 4 nitrogen and oxygen atoms in total. The maximum Gasteiger partial charge on any atom is 0.129 e. The number of aryl methyl sites for hydroxylation is 1. The summed E-state index contributed by atoms with van der Waals surface area (Å²) in [6, 6.07) is 7.66. The number of nitrogens with two attached hydrogens (primary N) is 1. The van der Waals surface area contributed by atoms with E-state index in [1.165, 1.54) is 0 Å². The van der Waals surface area contributed by atoms with Crippen molar-refractivity contribution < 1.29 is 4.74 Å². The number of halogens is 1. The van der Waals surface area contributed by atoms with E-state index in [4.69, 9.17) is 22.1 Å². The van der Waals surface area contributed by atoms with E-state index in [9.17, 15) is 0 Å². The summed E-state index contributed by atoms with van der Waals surface area (Å²) >= 11 is 6.25. The summed E-state index contributed by atoms with van der Waals surface area (Å²) < 4.78 is 7.07. The van der Waals surface area contributed by atoms with Crippen LogP contribution >= 0.6 is 11.6 Å². The molecule has 1 aromatic carbocycles. The van der Waals surface area contributed by atoms with Gasteiger partial charge in [0, 0.05) is 36.2 Å². The fourth-order valence-corrected chi connectivity index (χ4v) is 2.27. The minimum Gasteiger partial charge on any atom is -0.383 e. The second-order valence-corrected chi connectivity index (χ2v) is 4.66. The normalized spacial score (nSPS) is 10.9. The molecule has 2 rings (SSSR count). The molecule has 0 aliphatic carbocycles. The van der Waals surface area contributed by atoms with Crippen molar-refractivity contribution in [1.82, 2.24) is 9.78 Å². The number of ether oxygens (including phenoxy) is 1. The molecule has 2 N–H and O–H groups in total. The van der Waals surface area contributed by atoms with Crippen LogP contribution in [0.2, 0.25) is 5.02 Å². The summed E-state index contributed by atoms with van der Waals surface area (Å²) in [6.45, 7) is 3.30. The summed E-state index contributed by atoms with van der Waals surface area (Å²) in [4.78, 5) is 0. The molecule has 0 radical (unpaired) electrons. The molecule has 0 atom stereocenters. The molecule has 0 aliphatic rings. The average Bonchev–Trinajstić information content (AvgIpc) is 2.67. The van der Waals surface area contributed by atoms with Crippen LogP contribution in [0.1, 0.15) is 12.6 Å². The Hall–Kier alpha value is -1.52. The molecule has 0 amide bonds. The Kier molecular flexibility index (Phi) is 4.45. The lowest BCUT2D eigenvalue weighted by molar-refractivity contribution is 0.150. The van der Waals surface area contributed by atoms with E-state index in [2.05, 4.69) is 5.10 Å². The van der Waals surface area contributed by atoms with Crippen molar-refractivity contribution in [2.45, 2.75) is 13.3 Å². The van der Waals surface area contributed by atoms with Gasteiger partial charge in [-0.05, 0) is 13.0 Å². The molecule has 1 heterocycles. The fourth-order valence-electron chi connectivity index (χ4n) is 2.04. The Morgan fingerprint density at radius 1 is 1.37 bits per heavy atom. The van der Waals surface area contributed by atoms with Gasteiger partial charge in [0.2, 0.25) is 0 Å². The highest BCUT2D eigenvalue weighted by atomic mass is 35.5. The van der Waals surface area contributed by atoms with Gasteiger partial charge in [-0.1, -0.05) is 29.8 Å². The van der Waals surface area contributed by atoms with Crippen LogP contribution in [0, 0.1) is 0 Å². The van der Waals surface area contributed by atoms with Gasteiger partial charge < -0.3 is 10.5 Å². The maximum absolute atomic E-state index is 6.25. The SMILES string of the molecule is CCOCCc1nn(C)c(N)c1-c1ccccc1Cl. The van der Waals surface area contributed by atoms with E-state index in [1.807, 2.05) is 38.2 Å². The molecule has 0 fully saturated rings. The number of benzene rings is 1. The lowest BCUT2D eigenvalue weighted by Gasteiger charge is -2.06. The molecule has 0 bridgehead atoms. The van der Waals surface area contributed by atoms with Crippen molar-refractivity contribution >= 4 is 17.4 Å². The van der Waals surface area contributed by atoms with Gasteiger partial charge in [0.25, 0.3) is 0 Å². The molecular weight excluding hydrogens is 262 g/mol. The largest absolute Gasteiger partial charge is 0.383 e. The highest BCUT2D eigenvalue weighted by Gasteiger charge is 2.17. The molecule has 0 saturated heterocycles. The average molecular weight is 280 g/mol. The summed E-state index contributed by atoms with van der Waals surface area (Å²) in [5, 5.41) is 5.13. The molecule has 102 valence electrons. The van der Waals surface area contributed by atoms with Crippen LogP contribution in [0.3, 0.4) is 0 Å². The van der Waals surface area contributed by atoms with Gasteiger partial charge in [-0.3, -0.25) is 4.68 Å². The highest BCUT2D eigenvalue weighted by Crippen LogP contribution is 2.34. The molecule has 2 aromatic rings. The highest BCUT2D eigenvalue weighted by molar-refractivity contribution is 6.33. The smallest absolute Gasteiger partial charge is 0.129 e. The lowest BCUT2D eigenvalue weighted by Crippen LogP contribution is -2.00. The monoisotopic (exact) mass is 279 g/mol. The standard InChI is InChI=1S/C14H18ClN3O/c1-3-19-9-8-12-13(14(16)18(2)17-12)10-6-4-5-7-11(10)15/h4-7H,3,8-9,16H2,1-2H3. The van der Waals surface area contributed by atoms with Crippen LogP contribution in [0.4, 0.5) is 5.82 Å². The Bertz CT molecular complexity index is 566. The number of nitrogens with zero attached hydrogens (tertiary/aromatic N) is 2. The van der Waals surface area contributed by atoms with E-state index in [1.54, 1.807) is 4.68 Å². The topological polar surface area (TPSA) is 53.1 Å². The molecule has 5 heteroatoms. The number of rotatable bonds is 5. The van der Waals surface area contributed by atoms with Crippen molar-refractivity contribution in [3.05, 3.63) is 35.0 Å². The Balaban J connectivity index is 2.41. The second-order valence-electron chi connectivity index (χ2n) is 4.26. The number of aromatic nitrogens is 2.